The quantitative estimate of drug-likeness (QED) is 0.496. The van der Waals surface area contributed by atoms with Crippen LogP contribution in [0.4, 0.5) is 0 Å². The summed E-state index contributed by atoms with van der Waals surface area (Å²) in [6, 6.07) is 13.8. The van der Waals surface area contributed by atoms with Crippen molar-refractivity contribution in [3.05, 3.63) is 69.7 Å². The first-order valence-electron chi connectivity index (χ1n) is 9.61. The van der Waals surface area contributed by atoms with Crippen LogP contribution in [-0.4, -0.2) is 32.8 Å². The molecular formula is C22H23Cl2N3O2. The van der Waals surface area contributed by atoms with Gasteiger partial charge in [-0.3, -0.25) is 14.2 Å². The van der Waals surface area contributed by atoms with Gasteiger partial charge in [0.25, 0.3) is 5.56 Å². The van der Waals surface area contributed by atoms with Crippen LogP contribution in [0.15, 0.2) is 53.3 Å². The minimum atomic E-state index is -0.457. The maximum atomic E-state index is 13.4. The lowest BCUT2D eigenvalue weighted by Crippen LogP contribution is -2.38. The van der Waals surface area contributed by atoms with E-state index in [9.17, 15) is 9.59 Å². The molecule has 1 atom stereocenters. The zero-order chi connectivity index (χ0) is 21.0. The van der Waals surface area contributed by atoms with E-state index in [4.69, 9.17) is 28.2 Å². The van der Waals surface area contributed by atoms with Crippen molar-refractivity contribution in [3.8, 4) is 5.69 Å². The van der Waals surface area contributed by atoms with Gasteiger partial charge >= 0.3 is 0 Å². The van der Waals surface area contributed by atoms with Gasteiger partial charge in [-0.25, -0.2) is 4.98 Å². The lowest BCUT2D eigenvalue weighted by Gasteiger charge is -2.30. The molecule has 0 aliphatic heterocycles. The molecule has 5 nitrogen and oxygen atoms in total. The number of hydrogen-bond donors (Lipinski definition) is 0. The number of halogens is 2. The third-order valence-electron chi connectivity index (χ3n) is 4.92. The molecule has 0 N–H and O–H groups in total. The molecule has 3 aromatic rings. The minimum absolute atomic E-state index is 0.127. The average Bonchev–Trinajstić information content (AvgIpc) is 2.74. The largest absolute Gasteiger partial charge is 0.332 e. The van der Waals surface area contributed by atoms with Gasteiger partial charge in [0.2, 0.25) is 5.91 Å². The molecule has 2 aromatic carbocycles. The Kier molecular flexibility index (Phi) is 6.93. The van der Waals surface area contributed by atoms with Crippen molar-refractivity contribution >= 4 is 40.0 Å². The number of alkyl halides is 1. The number of para-hydroxylation sites is 2. The fourth-order valence-electron chi connectivity index (χ4n) is 3.37. The Morgan fingerprint density at radius 3 is 2.55 bits per heavy atom. The SMILES string of the molecule is CCCCN(C(=O)CCl)C(C)c1nc2ccccc2c(=O)n1-c1ccccc1Cl. The highest BCUT2D eigenvalue weighted by Crippen LogP contribution is 2.26. The summed E-state index contributed by atoms with van der Waals surface area (Å²) in [7, 11) is 0. The van der Waals surface area contributed by atoms with Crippen molar-refractivity contribution in [1.29, 1.82) is 0 Å². The van der Waals surface area contributed by atoms with Gasteiger partial charge in [0.1, 0.15) is 11.7 Å². The number of aromatic nitrogens is 2. The van der Waals surface area contributed by atoms with Crippen LogP contribution in [0.5, 0.6) is 0 Å². The highest BCUT2D eigenvalue weighted by molar-refractivity contribution is 6.32. The van der Waals surface area contributed by atoms with Gasteiger partial charge in [0.05, 0.1) is 27.7 Å². The number of amides is 1. The van der Waals surface area contributed by atoms with E-state index in [-0.39, 0.29) is 17.3 Å². The first-order valence-corrected chi connectivity index (χ1v) is 10.5. The molecule has 7 heteroatoms. The van der Waals surface area contributed by atoms with Crippen LogP contribution < -0.4 is 5.56 Å². The van der Waals surface area contributed by atoms with E-state index >= 15 is 0 Å². The van der Waals surface area contributed by atoms with Crippen LogP contribution in [0.2, 0.25) is 5.02 Å². The lowest BCUT2D eigenvalue weighted by atomic mass is 10.1. The van der Waals surface area contributed by atoms with Gasteiger partial charge < -0.3 is 4.90 Å². The summed E-state index contributed by atoms with van der Waals surface area (Å²) in [5.41, 5.74) is 0.892. The van der Waals surface area contributed by atoms with Gasteiger partial charge in [-0.15, -0.1) is 11.6 Å². The predicted octanol–water partition coefficient (Wildman–Crippen LogP) is 4.97. The lowest BCUT2D eigenvalue weighted by molar-refractivity contribution is -0.130. The molecule has 1 aromatic heterocycles. The summed E-state index contributed by atoms with van der Waals surface area (Å²) in [6.45, 7) is 4.46. The van der Waals surface area contributed by atoms with Crippen LogP contribution >= 0.6 is 23.2 Å². The summed E-state index contributed by atoms with van der Waals surface area (Å²) in [5.74, 6) is 0.134. The van der Waals surface area contributed by atoms with Crippen LogP contribution in [-0.2, 0) is 4.79 Å². The molecule has 0 radical (unpaired) electrons. The Morgan fingerprint density at radius 1 is 1.17 bits per heavy atom. The second kappa shape index (κ2) is 9.42. The molecule has 0 saturated carbocycles. The number of benzene rings is 2. The van der Waals surface area contributed by atoms with Crippen LogP contribution in [0.1, 0.15) is 38.6 Å². The van der Waals surface area contributed by atoms with Gasteiger partial charge in [0.15, 0.2) is 0 Å². The summed E-state index contributed by atoms with van der Waals surface area (Å²) < 4.78 is 1.51. The Labute approximate surface area is 179 Å². The van der Waals surface area contributed by atoms with E-state index in [1.165, 1.54) is 4.57 Å². The van der Waals surface area contributed by atoms with Crippen molar-refractivity contribution in [3.63, 3.8) is 0 Å². The molecule has 0 bridgehead atoms. The Morgan fingerprint density at radius 2 is 1.86 bits per heavy atom. The van der Waals surface area contributed by atoms with Gasteiger partial charge in [-0.05, 0) is 37.6 Å². The summed E-state index contributed by atoms with van der Waals surface area (Å²) >= 11 is 12.3. The van der Waals surface area contributed by atoms with E-state index in [1.807, 2.05) is 19.1 Å². The van der Waals surface area contributed by atoms with Crippen molar-refractivity contribution in [2.75, 3.05) is 12.4 Å². The summed E-state index contributed by atoms with van der Waals surface area (Å²) in [5, 5.41) is 0.927. The third-order valence-corrected chi connectivity index (χ3v) is 5.47. The molecule has 0 aliphatic carbocycles. The van der Waals surface area contributed by atoms with E-state index in [0.29, 0.717) is 34.0 Å². The molecule has 1 heterocycles. The number of carbonyl (C=O) groups excluding carboxylic acids is 1. The molecule has 1 unspecified atom stereocenters. The molecule has 0 spiro atoms. The highest BCUT2D eigenvalue weighted by atomic mass is 35.5. The van der Waals surface area contributed by atoms with Crippen LogP contribution in [0.3, 0.4) is 0 Å². The Hall–Kier alpha value is -2.37. The standard InChI is InChI=1S/C22H23Cl2N3O2/c1-3-4-13-26(20(28)14-23)15(2)21-25-18-11-7-5-9-16(18)22(29)27(21)19-12-8-6-10-17(19)24/h5-12,15H,3-4,13-14H2,1-2H3. The molecule has 0 aliphatic rings. The number of fused-ring (bicyclic) bond motifs is 1. The van der Waals surface area contributed by atoms with Crippen molar-refractivity contribution in [2.45, 2.75) is 32.7 Å². The first-order chi connectivity index (χ1) is 14.0. The van der Waals surface area contributed by atoms with Crippen LogP contribution in [0.25, 0.3) is 16.6 Å². The van der Waals surface area contributed by atoms with E-state index < -0.39 is 6.04 Å². The average molecular weight is 432 g/mol. The summed E-state index contributed by atoms with van der Waals surface area (Å²) in [6.07, 6.45) is 1.76. The number of carbonyl (C=O) groups is 1. The van der Waals surface area contributed by atoms with Crippen molar-refractivity contribution < 1.29 is 4.79 Å². The normalized spacial score (nSPS) is 12.1. The monoisotopic (exact) mass is 431 g/mol. The van der Waals surface area contributed by atoms with E-state index in [2.05, 4.69) is 6.92 Å². The number of rotatable bonds is 7. The zero-order valence-corrected chi connectivity index (χ0v) is 18.0. The molecule has 3 rings (SSSR count). The molecule has 152 valence electrons. The topological polar surface area (TPSA) is 55.2 Å². The van der Waals surface area contributed by atoms with E-state index in [0.717, 1.165) is 12.8 Å². The molecule has 1 amide bonds. The molecular weight excluding hydrogens is 409 g/mol. The molecule has 0 fully saturated rings. The third kappa shape index (κ3) is 4.31. The van der Waals surface area contributed by atoms with Gasteiger partial charge in [-0.1, -0.05) is 49.2 Å². The highest BCUT2D eigenvalue weighted by Gasteiger charge is 2.26. The van der Waals surface area contributed by atoms with Crippen molar-refractivity contribution in [2.24, 2.45) is 0 Å². The summed E-state index contributed by atoms with van der Waals surface area (Å²) in [4.78, 5) is 32.4. The minimum Gasteiger partial charge on any atom is -0.332 e. The van der Waals surface area contributed by atoms with Gasteiger partial charge in [-0.2, -0.15) is 0 Å². The first kappa shape index (κ1) is 21.3. The maximum Gasteiger partial charge on any atom is 0.266 e. The second-order valence-electron chi connectivity index (χ2n) is 6.83. The zero-order valence-electron chi connectivity index (χ0n) is 16.4. The van der Waals surface area contributed by atoms with Crippen LogP contribution in [0, 0.1) is 0 Å². The fourth-order valence-corrected chi connectivity index (χ4v) is 3.75. The predicted molar refractivity (Wildman–Crippen MR) is 118 cm³/mol. The Bertz CT molecular complexity index is 1080. The molecule has 0 saturated heterocycles. The number of hydrogen-bond acceptors (Lipinski definition) is 3. The maximum absolute atomic E-state index is 13.4. The number of nitrogens with zero attached hydrogens (tertiary/aromatic N) is 3. The molecule has 29 heavy (non-hydrogen) atoms. The van der Waals surface area contributed by atoms with E-state index in [1.54, 1.807) is 41.3 Å². The smallest absolute Gasteiger partial charge is 0.266 e. The van der Waals surface area contributed by atoms with Crippen molar-refractivity contribution in [1.82, 2.24) is 14.5 Å². The second-order valence-corrected chi connectivity index (χ2v) is 7.50. The number of unbranched alkanes of at least 4 members (excludes halogenated alkanes) is 1. The fraction of sp³-hybridized carbons (Fsp3) is 0.318. The van der Waals surface area contributed by atoms with Gasteiger partial charge in [0, 0.05) is 6.54 Å². The Balaban J connectivity index is 2.27.